The van der Waals surface area contributed by atoms with E-state index in [4.69, 9.17) is 0 Å². The standard InChI is InChI=1S/C20H25N3O3S2/c1-13-19(15-9-11-23(13)12-10-15)21-20(24)18-8-7-17(27-18)14-3-5-16(6-4-14)22-28(2,25)26/h3-8,13,15,19,22H,9-12H2,1-2H3,(H,21,24)/t13-,19+/m1/s1. The molecule has 1 aromatic carbocycles. The maximum Gasteiger partial charge on any atom is 0.261 e. The number of carbonyl (C=O) groups is 1. The number of nitrogens with zero attached hydrogens (tertiary/aromatic N) is 1. The van der Waals surface area contributed by atoms with Crippen LogP contribution in [0.25, 0.3) is 10.4 Å². The van der Waals surface area contributed by atoms with Gasteiger partial charge in [0.15, 0.2) is 0 Å². The van der Waals surface area contributed by atoms with Gasteiger partial charge >= 0.3 is 0 Å². The monoisotopic (exact) mass is 419 g/mol. The van der Waals surface area contributed by atoms with Crippen LogP contribution in [0.5, 0.6) is 0 Å². The lowest BCUT2D eigenvalue weighted by Gasteiger charge is -2.49. The lowest BCUT2D eigenvalue weighted by molar-refractivity contribution is 0.0218. The van der Waals surface area contributed by atoms with Crippen LogP contribution in [0.15, 0.2) is 36.4 Å². The summed E-state index contributed by atoms with van der Waals surface area (Å²) in [7, 11) is -3.29. The van der Waals surface area contributed by atoms with Gasteiger partial charge in [0.1, 0.15) is 0 Å². The number of nitrogens with one attached hydrogen (secondary N) is 2. The van der Waals surface area contributed by atoms with E-state index in [1.165, 1.54) is 24.2 Å². The van der Waals surface area contributed by atoms with Gasteiger partial charge in [-0.3, -0.25) is 14.4 Å². The number of sulfonamides is 1. The van der Waals surface area contributed by atoms with Crippen molar-refractivity contribution in [1.82, 2.24) is 10.2 Å². The molecule has 2 N–H and O–H groups in total. The Bertz CT molecular complexity index is 959. The quantitative estimate of drug-likeness (QED) is 0.781. The number of anilines is 1. The van der Waals surface area contributed by atoms with Crippen LogP contribution in [0, 0.1) is 5.92 Å². The van der Waals surface area contributed by atoms with Gasteiger partial charge < -0.3 is 5.32 Å². The predicted molar refractivity (Wildman–Crippen MR) is 113 cm³/mol. The van der Waals surface area contributed by atoms with Crippen LogP contribution >= 0.6 is 11.3 Å². The van der Waals surface area contributed by atoms with Gasteiger partial charge in [-0.1, -0.05) is 12.1 Å². The molecule has 0 radical (unpaired) electrons. The van der Waals surface area contributed by atoms with Crippen molar-refractivity contribution in [2.75, 3.05) is 24.1 Å². The number of benzene rings is 1. The van der Waals surface area contributed by atoms with Crippen molar-refractivity contribution in [1.29, 1.82) is 0 Å². The molecule has 8 heteroatoms. The topological polar surface area (TPSA) is 78.5 Å². The third-order valence-corrected chi connectivity index (χ3v) is 7.52. The second-order valence-corrected chi connectivity index (χ2v) is 10.6. The highest BCUT2D eigenvalue weighted by Gasteiger charge is 2.40. The lowest BCUT2D eigenvalue weighted by atomic mass is 9.79. The Hall–Kier alpha value is -1.90. The lowest BCUT2D eigenvalue weighted by Crippen LogP contribution is -2.62. The normalized spacial score (nSPS) is 26.8. The summed E-state index contributed by atoms with van der Waals surface area (Å²) in [5.74, 6) is 0.579. The summed E-state index contributed by atoms with van der Waals surface area (Å²) in [6.45, 7) is 4.50. The van der Waals surface area contributed by atoms with Gasteiger partial charge in [0.25, 0.3) is 5.91 Å². The first-order chi connectivity index (χ1) is 13.3. The van der Waals surface area contributed by atoms with Gasteiger partial charge in [-0.25, -0.2) is 8.42 Å². The number of hydrogen-bond acceptors (Lipinski definition) is 5. The van der Waals surface area contributed by atoms with Gasteiger partial charge in [-0.2, -0.15) is 0 Å². The molecule has 3 saturated heterocycles. The van der Waals surface area contributed by atoms with E-state index in [1.807, 2.05) is 24.3 Å². The summed E-state index contributed by atoms with van der Waals surface area (Å²) in [6.07, 6.45) is 3.46. The van der Waals surface area contributed by atoms with Crippen molar-refractivity contribution in [3.63, 3.8) is 0 Å². The molecular weight excluding hydrogens is 394 g/mol. The van der Waals surface area contributed by atoms with Crippen LogP contribution < -0.4 is 10.0 Å². The van der Waals surface area contributed by atoms with Crippen LogP contribution in [-0.2, 0) is 10.0 Å². The minimum Gasteiger partial charge on any atom is -0.347 e. The molecule has 150 valence electrons. The summed E-state index contributed by atoms with van der Waals surface area (Å²) < 4.78 is 25.1. The first-order valence-corrected chi connectivity index (χ1v) is 12.2. The van der Waals surface area contributed by atoms with Crippen LogP contribution in [0.1, 0.15) is 29.4 Å². The van der Waals surface area contributed by atoms with E-state index in [0.717, 1.165) is 29.8 Å². The maximum atomic E-state index is 12.8. The van der Waals surface area contributed by atoms with E-state index in [0.29, 0.717) is 22.5 Å². The Labute approximate surface area is 170 Å². The fourth-order valence-electron chi connectivity index (χ4n) is 4.30. The molecule has 3 aliphatic rings. The van der Waals surface area contributed by atoms with Crippen molar-refractivity contribution >= 4 is 33.0 Å². The van der Waals surface area contributed by atoms with Crippen molar-refractivity contribution in [3.05, 3.63) is 41.3 Å². The van der Waals surface area contributed by atoms with Gasteiger partial charge in [0.2, 0.25) is 10.0 Å². The minimum atomic E-state index is -3.29. The Morgan fingerprint density at radius 1 is 1.11 bits per heavy atom. The summed E-state index contributed by atoms with van der Waals surface area (Å²) >= 11 is 1.46. The third kappa shape index (κ3) is 4.09. The zero-order valence-electron chi connectivity index (χ0n) is 16.0. The molecule has 3 aliphatic heterocycles. The first-order valence-electron chi connectivity index (χ1n) is 9.53. The van der Waals surface area contributed by atoms with Crippen molar-refractivity contribution in [2.24, 2.45) is 5.92 Å². The van der Waals surface area contributed by atoms with Gasteiger partial charge in [-0.05, 0) is 68.6 Å². The molecule has 1 amide bonds. The molecule has 1 aromatic heterocycles. The molecule has 0 aliphatic carbocycles. The van der Waals surface area contributed by atoms with Crippen LogP contribution in [0.4, 0.5) is 5.69 Å². The minimum absolute atomic E-state index is 0.00258. The molecule has 0 saturated carbocycles. The molecule has 0 unspecified atom stereocenters. The van der Waals surface area contributed by atoms with Crippen LogP contribution in [0.3, 0.4) is 0 Å². The Balaban J connectivity index is 1.44. The van der Waals surface area contributed by atoms with Crippen LogP contribution in [-0.4, -0.2) is 50.7 Å². The van der Waals surface area contributed by atoms with Gasteiger partial charge in [0, 0.05) is 22.6 Å². The van der Waals surface area contributed by atoms with E-state index in [1.54, 1.807) is 12.1 Å². The number of carbonyl (C=O) groups excluding carboxylic acids is 1. The van der Waals surface area contributed by atoms with Crippen molar-refractivity contribution in [2.45, 2.75) is 31.8 Å². The molecule has 2 bridgehead atoms. The second kappa shape index (κ2) is 7.50. The largest absolute Gasteiger partial charge is 0.347 e. The summed E-state index contributed by atoms with van der Waals surface area (Å²) in [5, 5.41) is 3.27. The predicted octanol–water partition coefficient (Wildman–Crippen LogP) is 3.00. The SMILES string of the molecule is C[C@@H]1[C@H](NC(=O)c2ccc(-c3ccc(NS(C)(=O)=O)cc3)s2)C2CCN1CC2. The first kappa shape index (κ1) is 19.4. The molecule has 0 spiro atoms. The molecule has 5 rings (SSSR count). The fraction of sp³-hybridized carbons (Fsp3) is 0.450. The zero-order valence-corrected chi connectivity index (χ0v) is 17.6. The third-order valence-electron chi connectivity index (χ3n) is 5.78. The summed E-state index contributed by atoms with van der Waals surface area (Å²) in [4.78, 5) is 17.0. The van der Waals surface area contributed by atoms with Gasteiger partial charge in [0.05, 0.1) is 11.1 Å². The number of rotatable bonds is 5. The van der Waals surface area contributed by atoms with E-state index >= 15 is 0 Å². The number of fused-ring (bicyclic) bond motifs is 3. The maximum absolute atomic E-state index is 12.8. The number of amides is 1. The number of hydrogen-bond donors (Lipinski definition) is 2. The van der Waals surface area contributed by atoms with E-state index in [9.17, 15) is 13.2 Å². The molecule has 28 heavy (non-hydrogen) atoms. The molecule has 2 atom stereocenters. The van der Waals surface area contributed by atoms with Gasteiger partial charge in [-0.15, -0.1) is 11.3 Å². The molecule has 2 aromatic rings. The smallest absolute Gasteiger partial charge is 0.261 e. The highest BCUT2D eigenvalue weighted by molar-refractivity contribution is 7.92. The number of piperidine rings is 3. The second-order valence-electron chi connectivity index (χ2n) is 7.73. The molecular formula is C20H25N3O3S2. The molecule has 6 nitrogen and oxygen atoms in total. The van der Waals surface area contributed by atoms with Crippen LogP contribution in [0.2, 0.25) is 0 Å². The van der Waals surface area contributed by atoms with E-state index in [2.05, 4.69) is 21.9 Å². The van der Waals surface area contributed by atoms with E-state index < -0.39 is 10.0 Å². The fourth-order valence-corrected chi connectivity index (χ4v) is 5.78. The number of thiophene rings is 1. The summed E-state index contributed by atoms with van der Waals surface area (Å²) in [5.41, 5.74) is 1.48. The highest BCUT2D eigenvalue weighted by atomic mass is 32.2. The van der Waals surface area contributed by atoms with Crippen molar-refractivity contribution < 1.29 is 13.2 Å². The Morgan fingerprint density at radius 2 is 1.79 bits per heavy atom. The highest BCUT2D eigenvalue weighted by Crippen LogP contribution is 2.33. The molecule has 4 heterocycles. The van der Waals surface area contributed by atoms with E-state index in [-0.39, 0.29) is 11.9 Å². The summed E-state index contributed by atoms with van der Waals surface area (Å²) in [6, 6.07) is 11.6. The Morgan fingerprint density at radius 3 is 2.39 bits per heavy atom. The average molecular weight is 420 g/mol. The molecule has 3 fully saturated rings. The average Bonchev–Trinajstić information content (AvgIpc) is 3.14. The van der Waals surface area contributed by atoms with Crippen molar-refractivity contribution in [3.8, 4) is 10.4 Å². The Kier molecular flexibility index (Phi) is 5.20. The zero-order chi connectivity index (χ0) is 19.9.